The Balaban J connectivity index is 2.87. The summed E-state index contributed by atoms with van der Waals surface area (Å²) in [5, 5.41) is 8.04. The molecule has 0 aliphatic rings. The van der Waals surface area contributed by atoms with E-state index in [1.807, 2.05) is 24.3 Å². The minimum Gasteiger partial charge on any atom is -0.405 e. The zero-order valence-corrected chi connectivity index (χ0v) is 11.7. The molecular weight excluding hydrogens is 232 g/mol. The summed E-state index contributed by atoms with van der Waals surface area (Å²) in [6.45, 7) is 4.13. The van der Waals surface area contributed by atoms with Crippen LogP contribution in [0.25, 0.3) is 0 Å². The van der Waals surface area contributed by atoms with Crippen LogP contribution in [0.2, 0.25) is 0 Å². The number of aryl methyl sites for hydroxylation is 1. The Hall–Kier alpha value is -2.09. The third-order valence-electron chi connectivity index (χ3n) is 2.68. The van der Waals surface area contributed by atoms with E-state index in [2.05, 4.69) is 38.1 Å². The number of nitrogens with one attached hydrogen (secondary N) is 1. The van der Waals surface area contributed by atoms with E-state index < -0.39 is 0 Å². The molecule has 0 aliphatic heterocycles. The van der Waals surface area contributed by atoms with E-state index in [-0.39, 0.29) is 0 Å². The minimum absolute atomic E-state index is 0.567. The Kier molecular flexibility index (Phi) is 6.37. The molecule has 0 bridgehead atoms. The van der Waals surface area contributed by atoms with E-state index >= 15 is 0 Å². The molecule has 0 amide bonds. The fourth-order valence-electron chi connectivity index (χ4n) is 1.81. The smallest absolute Gasteiger partial charge is 0.0609 e. The highest BCUT2D eigenvalue weighted by Gasteiger charge is 2.01. The molecule has 0 unspecified atom stereocenters. The Morgan fingerprint density at radius 2 is 2.00 bits per heavy atom. The van der Waals surface area contributed by atoms with Crippen molar-refractivity contribution < 1.29 is 0 Å². The van der Waals surface area contributed by atoms with Crippen LogP contribution in [-0.4, -0.2) is 5.71 Å². The molecular formula is C17H22N2. The standard InChI is InChI=1S/C17H22N2/c1-3-4-9-17(19)16-12-14(2)11-15(13-16)8-6-5-7-10-18/h4-7,9-13,19H,3,8,18H2,1-2H3/b6-5-,9-4-,10-7-,19-17?. The van der Waals surface area contributed by atoms with Gasteiger partial charge in [0.05, 0.1) is 5.71 Å². The second-order valence-electron chi connectivity index (χ2n) is 4.45. The van der Waals surface area contributed by atoms with E-state index in [1.165, 1.54) is 17.3 Å². The fraction of sp³-hybridized carbons (Fsp3) is 0.235. The van der Waals surface area contributed by atoms with Gasteiger partial charge in [-0.3, -0.25) is 0 Å². The highest BCUT2D eigenvalue weighted by Crippen LogP contribution is 2.12. The molecule has 19 heavy (non-hydrogen) atoms. The lowest BCUT2D eigenvalue weighted by molar-refractivity contribution is 1.22. The summed E-state index contributed by atoms with van der Waals surface area (Å²) in [6, 6.07) is 6.28. The van der Waals surface area contributed by atoms with Crippen molar-refractivity contribution in [2.45, 2.75) is 26.7 Å². The van der Waals surface area contributed by atoms with Gasteiger partial charge in [-0.05, 0) is 61.4 Å². The van der Waals surface area contributed by atoms with Gasteiger partial charge < -0.3 is 11.1 Å². The van der Waals surface area contributed by atoms with E-state index in [0.717, 1.165) is 18.4 Å². The van der Waals surface area contributed by atoms with Crippen LogP contribution in [0.15, 0.2) is 54.8 Å². The molecule has 3 N–H and O–H groups in total. The molecule has 0 saturated carbocycles. The maximum Gasteiger partial charge on any atom is 0.0609 e. The molecule has 0 aliphatic carbocycles. The molecule has 0 heterocycles. The summed E-state index contributed by atoms with van der Waals surface area (Å²) in [4.78, 5) is 0. The summed E-state index contributed by atoms with van der Waals surface area (Å²) in [6.07, 6.45) is 13.0. The van der Waals surface area contributed by atoms with Crippen molar-refractivity contribution in [2.24, 2.45) is 5.73 Å². The third kappa shape index (κ3) is 5.38. The van der Waals surface area contributed by atoms with Crippen molar-refractivity contribution in [3.63, 3.8) is 0 Å². The van der Waals surface area contributed by atoms with Crippen LogP contribution in [0, 0.1) is 12.3 Å². The van der Waals surface area contributed by atoms with Gasteiger partial charge in [0.15, 0.2) is 0 Å². The van der Waals surface area contributed by atoms with Gasteiger partial charge in [-0.2, -0.15) is 0 Å². The molecule has 1 rings (SSSR count). The van der Waals surface area contributed by atoms with Crippen LogP contribution in [0.5, 0.6) is 0 Å². The lowest BCUT2D eigenvalue weighted by Crippen LogP contribution is -1.97. The predicted octanol–water partition coefficient (Wildman–Crippen LogP) is 3.90. The second-order valence-corrected chi connectivity index (χ2v) is 4.45. The van der Waals surface area contributed by atoms with Crippen molar-refractivity contribution in [1.82, 2.24) is 0 Å². The van der Waals surface area contributed by atoms with Gasteiger partial charge in [0.2, 0.25) is 0 Å². The van der Waals surface area contributed by atoms with Crippen LogP contribution in [0.3, 0.4) is 0 Å². The van der Waals surface area contributed by atoms with Crippen molar-refractivity contribution in [1.29, 1.82) is 5.41 Å². The number of hydrogen-bond donors (Lipinski definition) is 2. The molecule has 0 fully saturated rings. The van der Waals surface area contributed by atoms with Crippen LogP contribution < -0.4 is 5.73 Å². The Labute approximate surface area is 115 Å². The second kappa shape index (κ2) is 8.09. The Morgan fingerprint density at radius 3 is 2.68 bits per heavy atom. The molecule has 0 saturated heterocycles. The predicted molar refractivity (Wildman–Crippen MR) is 83.6 cm³/mol. The summed E-state index contributed by atoms with van der Waals surface area (Å²) in [7, 11) is 0. The summed E-state index contributed by atoms with van der Waals surface area (Å²) in [5.74, 6) is 0. The average Bonchev–Trinajstić information content (AvgIpc) is 2.40. The first-order chi connectivity index (χ1) is 9.17. The van der Waals surface area contributed by atoms with Crippen molar-refractivity contribution >= 4 is 5.71 Å². The van der Waals surface area contributed by atoms with Gasteiger partial charge in [-0.25, -0.2) is 0 Å². The molecule has 1 aromatic rings. The molecule has 1 aromatic carbocycles. The van der Waals surface area contributed by atoms with Crippen molar-refractivity contribution in [3.8, 4) is 0 Å². The summed E-state index contributed by atoms with van der Waals surface area (Å²) < 4.78 is 0. The summed E-state index contributed by atoms with van der Waals surface area (Å²) in [5.41, 5.74) is 9.22. The third-order valence-corrected chi connectivity index (χ3v) is 2.68. The highest BCUT2D eigenvalue weighted by molar-refractivity contribution is 6.06. The quantitative estimate of drug-likeness (QED) is 0.587. The molecule has 100 valence electrons. The first kappa shape index (κ1) is 15.0. The van der Waals surface area contributed by atoms with Gasteiger partial charge >= 0.3 is 0 Å². The summed E-state index contributed by atoms with van der Waals surface area (Å²) >= 11 is 0. The maximum atomic E-state index is 8.04. The monoisotopic (exact) mass is 254 g/mol. The van der Waals surface area contributed by atoms with Crippen molar-refractivity contribution in [2.75, 3.05) is 0 Å². The van der Waals surface area contributed by atoms with Gasteiger partial charge in [0.1, 0.15) is 0 Å². The molecule has 2 heteroatoms. The number of nitrogens with two attached hydrogens (primary N) is 1. The fourth-order valence-corrected chi connectivity index (χ4v) is 1.81. The molecule has 0 radical (unpaired) electrons. The number of rotatable bonds is 6. The van der Waals surface area contributed by atoms with Crippen LogP contribution in [-0.2, 0) is 6.42 Å². The van der Waals surface area contributed by atoms with E-state index in [9.17, 15) is 0 Å². The zero-order valence-electron chi connectivity index (χ0n) is 11.7. The largest absolute Gasteiger partial charge is 0.405 e. The van der Waals surface area contributed by atoms with Gasteiger partial charge in [-0.1, -0.05) is 36.8 Å². The number of allylic oxidation sites excluding steroid dienone is 5. The SMILES string of the molecule is CC/C=C\C(=N)c1cc(C)cc(C/C=C\C=C/N)c1. The average molecular weight is 254 g/mol. The van der Waals surface area contributed by atoms with E-state index in [1.54, 1.807) is 0 Å². The lowest BCUT2D eigenvalue weighted by Gasteiger charge is -2.05. The van der Waals surface area contributed by atoms with Crippen LogP contribution in [0.4, 0.5) is 0 Å². The van der Waals surface area contributed by atoms with Gasteiger partial charge in [0, 0.05) is 0 Å². The van der Waals surface area contributed by atoms with Crippen LogP contribution in [0.1, 0.15) is 30.0 Å². The first-order valence-corrected chi connectivity index (χ1v) is 6.56. The zero-order chi connectivity index (χ0) is 14.1. The molecule has 0 atom stereocenters. The lowest BCUT2D eigenvalue weighted by atomic mass is 10.0. The number of hydrogen-bond acceptors (Lipinski definition) is 2. The van der Waals surface area contributed by atoms with E-state index in [4.69, 9.17) is 11.1 Å². The first-order valence-electron chi connectivity index (χ1n) is 6.56. The molecule has 0 aromatic heterocycles. The van der Waals surface area contributed by atoms with Crippen LogP contribution >= 0.6 is 0 Å². The maximum absolute atomic E-state index is 8.04. The Bertz CT molecular complexity index is 508. The van der Waals surface area contributed by atoms with E-state index in [0.29, 0.717) is 5.71 Å². The van der Waals surface area contributed by atoms with Gasteiger partial charge in [-0.15, -0.1) is 0 Å². The minimum atomic E-state index is 0.567. The topological polar surface area (TPSA) is 49.9 Å². The molecule has 0 spiro atoms. The highest BCUT2D eigenvalue weighted by atomic mass is 14.5. The normalized spacial score (nSPS) is 11.9. The number of benzene rings is 1. The van der Waals surface area contributed by atoms with Crippen molar-refractivity contribution in [3.05, 3.63) is 71.5 Å². The Morgan fingerprint density at radius 1 is 1.21 bits per heavy atom. The molecule has 2 nitrogen and oxygen atoms in total. The van der Waals surface area contributed by atoms with Gasteiger partial charge in [0.25, 0.3) is 0 Å².